The fourth-order valence-electron chi connectivity index (χ4n) is 2.95. The second-order valence-corrected chi connectivity index (χ2v) is 8.25. The third-order valence-electron chi connectivity index (χ3n) is 4.34. The second-order valence-electron chi connectivity index (χ2n) is 6.34. The number of anilines is 1. The largest absolute Gasteiger partial charge is 0.503 e. The van der Waals surface area contributed by atoms with Gasteiger partial charge in [-0.25, -0.2) is 0 Å². The van der Waals surface area contributed by atoms with Crippen LogP contribution in [0.1, 0.15) is 25.1 Å². The highest BCUT2D eigenvalue weighted by Crippen LogP contribution is 2.42. The van der Waals surface area contributed by atoms with Crippen LogP contribution in [-0.2, 0) is 0 Å². The topological polar surface area (TPSA) is 89.4 Å². The van der Waals surface area contributed by atoms with Gasteiger partial charge in [-0.05, 0) is 40.5 Å². The van der Waals surface area contributed by atoms with E-state index in [0.29, 0.717) is 27.0 Å². The molecule has 0 saturated carbocycles. The molecule has 0 radical (unpaired) electrons. The van der Waals surface area contributed by atoms with Gasteiger partial charge in [0, 0.05) is 22.6 Å². The maximum atomic E-state index is 10.1. The van der Waals surface area contributed by atoms with Gasteiger partial charge in [0.05, 0.1) is 11.6 Å². The first-order chi connectivity index (χ1) is 14.1. The molecule has 3 aromatic rings. The Bertz CT molecular complexity index is 1050. The highest BCUT2D eigenvalue weighted by atomic mass is 79.9. The molecule has 0 spiro atoms. The van der Waals surface area contributed by atoms with E-state index in [1.54, 1.807) is 23.9 Å². The minimum Gasteiger partial charge on any atom is -0.503 e. The highest BCUT2D eigenvalue weighted by molar-refractivity contribution is 9.10. The number of ether oxygens (including phenoxy) is 2. The maximum absolute atomic E-state index is 10.1. The van der Waals surface area contributed by atoms with Crippen molar-refractivity contribution in [1.29, 1.82) is 0 Å². The van der Waals surface area contributed by atoms with Gasteiger partial charge in [-0.15, -0.1) is 10.2 Å². The highest BCUT2D eigenvalue weighted by Gasteiger charge is 2.27. The molecule has 150 valence electrons. The number of rotatable bonds is 5. The van der Waals surface area contributed by atoms with E-state index in [4.69, 9.17) is 9.47 Å². The van der Waals surface area contributed by atoms with Gasteiger partial charge in [-0.2, -0.15) is 4.98 Å². The standard InChI is InChI=1S/C20H19BrN4O3S/c1-3-8-29-20-23-19-16(24-25-20)12-6-4-5-7-14(12)22-18(28-19)11-9-13(21)17(26)15(10-11)27-2/h4-7,9-10,18,22,26H,3,8H2,1-2H3/t18-/m1/s1. The lowest BCUT2D eigenvalue weighted by Gasteiger charge is -2.20. The quantitative estimate of drug-likeness (QED) is 0.498. The van der Waals surface area contributed by atoms with Crippen LogP contribution in [0.3, 0.4) is 0 Å². The molecule has 0 fully saturated rings. The Kier molecular flexibility index (Phi) is 5.77. The molecule has 2 N–H and O–H groups in total. The summed E-state index contributed by atoms with van der Waals surface area (Å²) in [6, 6.07) is 11.3. The van der Waals surface area contributed by atoms with Crippen LogP contribution in [0.5, 0.6) is 17.4 Å². The molecule has 0 saturated heterocycles. The molecule has 0 unspecified atom stereocenters. The van der Waals surface area contributed by atoms with E-state index in [9.17, 15) is 5.11 Å². The molecule has 0 aliphatic carbocycles. The lowest BCUT2D eigenvalue weighted by Crippen LogP contribution is -2.17. The van der Waals surface area contributed by atoms with Gasteiger partial charge < -0.3 is 19.9 Å². The molecule has 0 bridgehead atoms. The van der Waals surface area contributed by atoms with Crippen LogP contribution in [0, 0.1) is 0 Å². The van der Waals surface area contributed by atoms with Crippen molar-refractivity contribution in [3.05, 3.63) is 46.4 Å². The van der Waals surface area contributed by atoms with Crippen molar-refractivity contribution in [3.63, 3.8) is 0 Å². The van der Waals surface area contributed by atoms with Crippen LogP contribution in [0.2, 0.25) is 0 Å². The zero-order valence-corrected chi connectivity index (χ0v) is 18.2. The fourth-order valence-corrected chi connectivity index (χ4v) is 4.05. The molecule has 2 aromatic carbocycles. The Morgan fingerprint density at radius 1 is 1.28 bits per heavy atom. The van der Waals surface area contributed by atoms with Gasteiger partial charge in [0.2, 0.25) is 11.0 Å². The number of nitrogens with zero attached hydrogens (tertiary/aromatic N) is 3. The van der Waals surface area contributed by atoms with E-state index in [0.717, 1.165) is 29.0 Å². The van der Waals surface area contributed by atoms with Crippen molar-refractivity contribution in [2.45, 2.75) is 24.7 Å². The van der Waals surface area contributed by atoms with Crippen LogP contribution in [0.15, 0.2) is 46.0 Å². The van der Waals surface area contributed by atoms with Crippen LogP contribution < -0.4 is 14.8 Å². The number of benzene rings is 2. The van der Waals surface area contributed by atoms with Crippen LogP contribution in [-0.4, -0.2) is 33.2 Å². The Morgan fingerprint density at radius 2 is 2.10 bits per heavy atom. The summed E-state index contributed by atoms with van der Waals surface area (Å²) in [5.74, 6) is 1.69. The predicted octanol–water partition coefficient (Wildman–Crippen LogP) is 5.02. The molecule has 0 amide bonds. The average Bonchev–Trinajstić information content (AvgIpc) is 2.90. The number of phenols is 1. The minimum atomic E-state index is -0.566. The van der Waals surface area contributed by atoms with Crippen molar-refractivity contribution >= 4 is 33.4 Å². The number of hydrogen-bond donors (Lipinski definition) is 2. The Morgan fingerprint density at radius 3 is 2.90 bits per heavy atom. The smallest absolute Gasteiger partial charge is 0.247 e. The molecule has 4 rings (SSSR count). The monoisotopic (exact) mass is 474 g/mol. The molecule has 1 atom stereocenters. The van der Waals surface area contributed by atoms with Crippen molar-refractivity contribution in [2.24, 2.45) is 0 Å². The number of para-hydroxylation sites is 1. The van der Waals surface area contributed by atoms with E-state index in [2.05, 4.69) is 43.4 Å². The van der Waals surface area contributed by atoms with Crippen molar-refractivity contribution in [3.8, 4) is 28.6 Å². The summed E-state index contributed by atoms with van der Waals surface area (Å²) < 4.78 is 12.0. The van der Waals surface area contributed by atoms with Crippen molar-refractivity contribution < 1.29 is 14.6 Å². The molecule has 7 nitrogen and oxygen atoms in total. The van der Waals surface area contributed by atoms with Crippen molar-refractivity contribution in [2.75, 3.05) is 18.2 Å². The molecule has 9 heteroatoms. The summed E-state index contributed by atoms with van der Waals surface area (Å²) in [4.78, 5) is 4.60. The maximum Gasteiger partial charge on any atom is 0.247 e. The lowest BCUT2D eigenvalue weighted by atomic mass is 10.1. The number of methoxy groups -OCH3 is 1. The third kappa shape index (κ3) is 3.97. The summed E-state index contributed by atoms with van der Waals surface area (Å²) >= 11 is 4.92. The first-order valence-electron chi connectivity index (χ1n) is 9.07. The van der Waals surface area contributed by atoms with Crippen LogP contribution >= 0.6 is 27.7 Å². The molecule has 1 aliphatic heterocycles. The summed E-state index contributed by atoms with van der Waals surface area (Å²) in [5, 5.41) is 22.8. The fraction of sp³-hybridized carbons (Fsp3) is 0.250. The van der Waals surface area contributed by atoms with Crippen LogP contribution in [0.4, 0.5) is 5.69 Å². The molecule has 29 heavy (non-hydrogen) atoms. The summed E-state index contributed by atoms with van der Waals surface area (Å²) in [5.41, 5.74) is 3.06. The Hall–Kier alpha value is -2.52. The number of fused-ring (bicyclic) bond motifs is 3. The van der Waals surface area contributed by atoms with E-state index in [1.165, 1.54) is 7.11 Å². The molecular formula is C20H19BrN4O3S. The summed E-state index contributed by atoms with van der Waals surface area (Å²) in [7, 11) is 1.51. The summed E-state index contributed by atoms with van der Waals surface area (Å²) in [6.45, 7) is 2.10. The number of aromatic hydroxyl groups is 1. The average molecular weight is 475 g/mol. The first kappa shape index (κ1) is 19.8. The van der Waals surface area contributed by atoms with E-state index in [1.807, 2.05) is 24.3 Å². The summed E-state index contributed by atoms with van der Waals surface area (Å²) in [6.07, 6.45) is 0.448. The van der Waals surface area contributed by atoms with Crippen molar-refractivity contribution in [1.82, 2.24) is 15.2 Å². The number of aromatic nitrogens is 3. The number of phenolic OH excluding ortho intramolecular Hbond substituents is 1. The minimum absolute atomic E-state index is 0.0351. The first-order valence-corrected chi connectivity index (χ1v) is 10.8. The van der Waals surface area contributed by atoms with Gasteiger partial charge in [-0.1, -0.05) is 36.9 Å². The third-order valence-corrected chi connectivity index (χ3v) is 5.99. The van der Waals surface area contributed by atoms with E-state index >= 15 is 0 Å². The SMILES string of the molecule is CCCSc1nnc2c(n1)O[C@H](c1cc(Br)c(O)c(OC)c1)Nc1ccccc1-2. The zero-order valence-electron chi connectivity index (χ0n) is 15.8. The number of hydrogen-bond acceptors (Lipinski definition) is 8. The molecule has 1 aromatic heterocycles. The van der Waals surface area contributed by atoms with E-state index < -0.39 is 6.23 Å². The van der Waals surface area contributed by atoms with Gasteiger partial charge in [0.1, 0.15) is 0 Å². The number of halogens is 1. The normalized spacial score (nSPS) is 14.8. The number of thioether (sulfide) groups is 1. The Balaban J connectivity index is 1.81. The molecular weight excluding hydrogens is 456 g/mol. The predicted molar refractivity (Wildman–Crippen MR) is 116 cm³/mol. The van der Waals surface area contributed by atoms with E-state index in [-0.39, 0.29) is 5.75 Å². The van der Waals surface area contributed by atoms with Gasteiger partial charge in [0.25, 0.3) is 0 Å². The van der Waals surface area contributed by atoms with Crippen LogP contribution in [0.25, 0.3) is 11.3 Å². The molecule has 2 heterocycles. The molecule has 1 aliphatic rings. The lowest BCUT2D eigenvalue weighted by molar-refractivity contribution is 0.224. The second kappa shape index (κ2) is 8.46. The van der Waals surface area contributed by atoms with Gasteiger partial charge in [0.15, 0.2) is 23.4 Å². The van der Waals surface area contributed by atoms with Gasteiger partial charge >= 0.3 is 0 Å². The number of nitrogens with one attached hydrogen (secondary N) is 1. The van der Waals surface area contributed by atoms with Gasteiger partial charge in [-0.3, -0.25) is 0 Å². The Labute approximate surface area is 181 Å². The zero-order chi connectivity index (χ0) is 20.4.